The third-order valence-corrected chi connectivity index (χ3v) is 2.40. The van der Waals surface area contributed by atoms with Crippen molar-refractivity contribution in [3.63, 3.8) is 0 Å². The smallest absolute Gasteiger partial charge is 0.343 e. The van der Waals surface area contributed by atoms with Crippen molar-refractivity contribution < 1.29 is 24.9 Å². The first-order chi connectivity index (χ1) is 8.97. The topological polar surface area (TPSA) is 113 Å². The highest BCUT2D eigenvalue weighted by Crippen LogP contribution is 2.30. The first-order valence-electron chi connectivity index (χ1n) is 5.30. The van der Waals surface area contributed by atoms with E-state index in [9.17, 15) is 15.0 Å². The second-order valence-electron chi connectivity index (χ2n) is 3.82. The van der Waals surface area contributed by atoms with E-state index in [0.29, 0.717) is 5.69 Å². The highest BCUT2D eigenvalue weighted by molar-refractivity contribution is 5.92. The van der Waals surface area contributed by atoms with Crippen LogP contribution in [0.3, 0.4) is 0 Å². The van der Waals surface area contributed by atoms with Crippen molar-refractivity contribution >= 4 is 11.7 Å². The molecule has 0 spiro atoms. The Labute approximate surface area is 108 Å². The van der Waals surface area contributed by atoms with Crippen LogP contribution in [0.25, 0.3) is 0 Å². The lowest BCUT2D eigenvalue weighted by Crippen LogP contribution is -2.08. The Bertz CT molecular complexity index is 639. The normalized spacial score (nSPS) is 10.1. The number of nitrogens with two attached hydrogens (primary N) is 1. The molecule has 0 saturated heterocycles. The lowest BCUT2D eigenvalue weighted by molar-refractivity contribution is 0.0729. The summed E-state index contributed by atoms with van der Waals surface area (Å²) in [6, 6.07) is 7.55. The SMILES string of the molecule is Nc1ccc(O)c(OC(=O)c2ccc(O)c(O)c2)c1. The van der Waals surface area contributed by atoms with Crippen molar-refractivity contribution in [2.45, 2.75) is 0 Å². The molecule has 0 atom stereocenters. The standard InChI is InChI=1S/C13H11NO5/c14-8-2-4-10(16)12(6-8)19-13(18)7-1-3-9(15)11(17)5-7/h1-6,15-17H,14H2. The van der Waals surface area contributed by atoms with Gasteiger partial charge in [0.15, 0.2) is 23.0 Å². The maximum Gasteiger partial charge on any atom is 0.343 e. The molecule has 0 radical (unpaired) electrons. The first-order valence-corrected chi connectivity index (χ1v) is 5.30. The lowest BCUT2D eigenvalue weighted by Gasteiger charge is -2.07. The monoisotopic (exact) mass is 261 g/mol. The van der Waals surface area contributed by atoms with Crippen LogP contribution in [0.2, 0.25) is 0 Å². The zero-order valence-electron chi connectivity index (χ0n) is 9.70. The van der Waals surface area contributed by atoms with E-state index in [0.717, 1.165) is 12.1 Å². The van der Waals surface area contributed by atoms with Gasteiger partial charge in [0.2, 0.25) is 0 Å². The van der Waals surface area contributed by atoms with Crippen LogP contribution >= 0.6 is 0 Å². The van der Waals surface area contributed by atoms with Crippen LogP contribution in [0.4, 0.5) is 5.69 Å². The molecule has 98 valence electrons. The number of ether oxygens (including phenoxy) is 1. The van der Waals surface area contributed by atoms with Gasteiger partial charge in [0.1, 0.15) is 0 Å². The molecule has 0 bridgehead atoms. The number of aromatic hydroxyl groups is 3. The third-order valence-electron chi connectivity index (χ3n) is 2.40. The van der Waals surface area contributed by atoms with Crippen molar-refractivity contribution in [3.05, 3.63) is 42.0 Å². The average molecular weight is 261 g/mol. The number of carbonyl (C=O) groups is 1. The number of hydrogen-bond acceptors (Lipinski definition) is 6. The number of benzene rings is 2. The molecule has 19 heavy (non-hydrogen) atoms. The average Bonchev–Trinajstić information content (AvgIpc) is 2.37. The first kappa shape index (κ1) is 12.6. The summed E-state index contributed by atoms with van der Waals surface area (Å²) in [5.41, 5.74) is 5.86. The van der Waals surface area contributed by atoms with Gasteiger partial charge in [0.25, 0.3) is 0 Å². The molecule has 2 rings (SSSR count). The molecule has 5 N–H and O–H groups in total. The van der Waals surface area contributed by atoms with Crippen LogP contribution in [0, 0.1) is 0 Å². The van der Waals surface area contributed by atoms with Gasteiger partial charge in [-0.25, -0.2) is 4.79 Å². The minimum atomic E-state index is -0.795. The predicted molar refractivity (Wildman–Crippen MR) is 67.2 cm³/mol. The van der Waals surface area contributed by atoms with Crippen molar-refractivity contribution in [2.75, 3.05) is 5.73 Å². The molecule has 0 aliphatic heterocycles. The highest BCUT2D eigenvalue weighted by atomic mass is 16.5. The van der Waals surface area contributed by atoms with Crippen LogP contribution < -0.4 is 10.5 Å². The maximum absolute atomic E-state index is 11.8. The Hall–Kier alpha value is -2.89. The molecule has 6 nitrogen and oxygen atoms in total. The summed E-state index contributed by atoms with van der Waals surface area (Å²) in [7, 11) is 0. The summed E-state index contributed by atoms with van der Waals surface area (Å²) in [6.07, 6.45) is 0. The van der Waals surface area contributed by atoms with E-state index >= 15 is 0 Å². The van der Waals surface area contributed by atoms with Crippen molar-refractivity contribution in [2.24, 2.45) is 0 Å². The summed E-state index contributed by atoms with van der Waals surface area (Å²) in [4.78, 5) is 11.8. The summed E-state index contributed by atoms with van der Waals surface area (Å²) in [6.45, 7) is 0. The molecule has 0 heterocycles. The molecule has 0 fully saturated rings. The fourth-order valence-electron chi connectivity index (χ4n) is 1.42. The fraction of sp³-hybridized carbons (Fsp3) is 0. The van der Waals surface area contributed by atoms with E-state index in [2.05, 4.69) is 0 Å². The number of nitrogen functional groups attached to an aromatic ring is 1. The largest absolute Gasteiger partial charge is 0.504 e. The number of esters is 1. The summed E-state index contributed by atoms with van der Waals surface area (Å²) >= 11 is 0. The number of phenols is 3. The van der Waals surface area contributed by atoms with E-state index in [1.165, 1.54) is 24.3 Å². The Balaban J connectivity index is 2.25. The van der Waals surface area contributed by atoms with E-state index < -0.39 is 11.7 Å². The number of hydrogen-bond donors (Lipinski definition) is 4. The molecule has 0 aliphatic carbocycles. The highest BCUT2D eigenvalue weighted by Gasteiger charge is 2.13. The Morgan fingerprint density at radius 1 is 0.947 bits per heavy atom. The van der Waals surface area contributed by atoms with Gasteiger partial charge in [-0.15, -0.1) is 0 Å². The Morgan fingerprint density at radius 3 is 2.32 bits per heavy atom. The molecule has 0 saturated carbocycles. The van der Waals surface area contributed by atoms with Crippen molar-refractivity contribution in [1.29, 1.82) is 0 Å². The number of rotatable bonds is 2. The molecular formula is C13H11NO5. The van der Waals surface area contributed by atoms with Crippen LogP contribution in [0.1, 0.15) is 10.4 Å². The van der Waals surface area contributed by atoms with Crippen LogP contribution in [-0.4, -0.2) is 21.3 Å². The minimum absolute atomic E-state index is 0.0251. The molecule has 0 aromatic heterocycles. The minimum Gasteiger partial charge on any atom is -0.504 e. The Kier molecular flexibility index (Phi) is 3.15. The fourth-order valence-corrected chi connectivity index (χ4v) is 1.42. The van der Waals surface area contributed by atoms with Crippen LogP contribution in [0.15, 0.2) is 36.4 Å². The van der Waals surface area contributed by atoms with Gasteiger partial charge in [-0.3, -0.25) is 0 Å². The number of phenolic OH excluding ortho intramolecular Hbond substituents is 3. The summed E-state index contributed by atoms with van der Waals surface area (Å²) < 4.78 is 4.95. The van der Waals surface area contributed by atoms with Gasteiger partial charge in [-0.2, -0.15) is 0 Å². The lowest BCUT2D eigenvalue weighted by atomic mass is 10.2. The predicted octanol–water partition coefficient (Wildman–Crippen LogP) is 1.60. The van der Waals surface area contributed by atoms with E-state index in [-0.39, 0.29) is 22.8 Å². The van der Waals surface area contributed by atoms with Crippen molar-refractivity contribution in [1.82, 2.24) is 0 Å². The molecule has 0 amide bonds. The van der Waals surface area contributed by atoms with Crippen LogP contribution in [-0.2, 0) is 0 Å². The summed E-state index contributed by atoms with van der Waals surface area (Å²) in [5, 5.41) is 27.9. The zero-order valence-corrected chi connectivity index (χ0v) is 9.70. The second kappa shape index (κ2) is 4.77. The molecule has 0 aliphatic rings. The second-order valence-corrected chi connectivity index (χ2v) is 3.82. The van der Waals surface area contributed by atoms with Gasteiger partial charge in [-0.1, -0.05) is 0 Å². The zero-order chi connectivity index (χ0) is 14.0. The van der Waals surface area contributed by atoms with Gasteiger partial charge < -0.3 is 25.8 Å². The van der Waals surface area contributed by atoms with E-state index in [1.807, 2.05) is 0 Å². The van der Waals surface area contributed by atoms with Gasteiger partial charge in [0, 0.05) is 11.8 Å². The molecule has 6 heteroatoms. The summed E-state index contributed by atoms with van der Waals surface area (Å²) in [5.74, 6) is -1.89. The van der Waals surface area contributed by atoms with Gasteiger partial charge in [0.05, 0.1) is 5.56 Å². The van der Waals surface area contributed by atoms with E-state index in [4.69, 9.17) is 15.6 Å². The van der Waals surface area contributed by atoms with Crippen molar-refractivity contribution in [3.8, 4) is 23.0 Å². The molecule has 2 aromatic carbocycles. The van der Waals surface area contributed by atoms with Crippen LogP contribution in [0.5, 0.6) is 23.0 Å². The maximum atomic E-state index is 11.8. The van der Waals surface area contributed by atoms with Gasteiger partial charge >= 0.3 is 5.97 Å². The molecule has 2 aromatic rings. The van der Waals surface area contributed by atoms with Gasteiger partial charge in [-0.05, 0) is 30.3 Å². The molecular weight excluding hydrogens is 250 g/mol. The molecule has 0 unspecified atom stereocenters. The van der Waals surface area contributed by atoms with E-state index in [1.54, 1.807) is 0 Å². The number of carbonyl (C=O) groups excluding carboxylic acids is 1. The quantitative estimate of drug-likeness (QED) is 0.215. The number of anilines is 1. The third kappa shape index (κ3) is 2.68. The Morgan fingerprint density at radius 2 is 1.63 bits per heavy atom.